The number of para-hydroxylation sites is 1. The van der Waals surface area contributed by atoms with Gasteiger partial charge in [-0.1, -0.05) is 81.0 Å². The summed E-state index contributed by atoms with van der Waals surface area (Å²) in [5.41, 5.74) is 1.88. The van der Waals surface area contributed by atoms with Crippen molar-refractivity contribution in [2.45, 2.75) is 22.7 Å². The van der Waals surface area contributed by atoms with E-state index in [0.29, 0.717) is 26.3 Å². The molecule has 0 spiro atoms. The minimum absolute atomic E-state index is 0.212. The molecule has 0 aliphatic carbocycles. The van der Waals surface area contributed by atoms with E-state index in [2.05, 4.69) is 21.2 Å². The van der Waals surface area contributed by atoms with Crippen LogP contribution in [0.4, 0.5) is 11.4 Å². The van der Waals surface area contributed by atoms with Gasteiger partial charge < -0.3 is 5.32 Å². The van der Waals surface area contributed by atoms with Crippen LogP contribution in [0.15, 0.2) is 93.2 Å². The molecule has 3 amide bonds. The number of amides is 3. The third-order valence-corrected chi connectivity index (χ3v) is 10.1. The first-order chi connectivity index (χ1) is 18.8. The van der Waals surface area contributed by atoms with Gasteiger partial charge >= 0.3 is 4.87 Å². The zero-order valence-corrected chi connectivity index (χ0v) is 24.0. The Kier molecular flexibility index (Phi) is 6.96. The molecule has 2 aliphatic rings. The molecule has 3 atom stereocenters. The highest BCUT2D eigenvalue weighted by Crippen LogP contribution is 2.54. The van der Waals surface area contributed by atoms with Gasteiger partial charge in [-0.15, -0.1) is 0 Å². The van der Waals surface area contributed by atoms with E-state index in [1.54, 1.807) is 60.7 Å². The molecule has 3 aromatic carbocycles. The number of thioether (sulfide) groups is 1. The van der Waals surface area contributed by atoms with Gasteiger partial charge in [-0.05, 0) is 54.1 Å². The second-order valence-corrected chi connectivity index (χ2v) is 12.6. The van der Waals surface area contributed by atoms with Crippen LogP contribution in [0.5, 0.6) is 0 Å². The zero-order valence-electron chi connectivity index (χ0n) is 20.0. The molecular formula is C28H19BrClN3O4S2. The third-order valence-electron chi connectivity index (χ3n) is 6.72. The summed E-state index contributed by atoms with van der Waals surface area (Å²) in [4.78, 5) is 55.3. The van der Waals surface area contributed by atoms with Crippen molar-refractivity contribution in [1.82, 2.24) is 4.57 Å². The lowest BCUT2D eigenvalue weighted by Gasteiger charge is -2.30. The van der Waals surface area contributed by atoms with Gasteiger partial charge in [0.15, 0.2) is 0 Å². The van der Waals surface area contributed by atoms with Crippen molar-refractivity contribution in [3.8, 4) is 0 Å². The third kappa shape index (κ3) is 4.75. The van der Waals surface area contributed by atoms with Gasteiger partial charge in [0, 0.05) is 26.0 Å². The normalized spacial score (nSPS) is 20.1. The molecule has 3 heterocycles. The van der Waals surface area contributed by atoms with E-state index in [1.807, 2.05) is 18.2 Å². The number of nitrogens with one attached hydrogen (secondary N) is 1. The summed E-state index contributed by atoms with van der Waals surface area (Å²) < 4.78 is 2.23. The number of aromatic nitrogens is 1. The molecule has 2 unspecified atom stereocenters. The summed E-state index contributed by atoms with van der Waals surface area (Å²) in [6.45, 7) is -0.212. The van der Waals surface area contributed by atoms with Crippen molar-refractivity contribution in [2.24, 2.45) is 5.92 Å². The van der Waals surface area contributed by atoms with Crippen LogP contribution >= 0.6 is 50.6 Å². The van der Waals surface area contributed by atoms with Crippen LogP contribution in [0.3, 0.4) is 0 Å². The topological polar surface area (TPSA) is 88.5 Å². The summed E-state index contributed by atoms with van der Waals surface area (Å²) in [5, 5.41) is 3.12. The van der Waals surface area contributed by atoms with Crippen molar-refractivity contribution in [3.05, 3.63) is 108 Å². The molecule has 1 aromatic heterocycles. The number of thiazole rings is 1. The minimum atomic E-state index is -0.758. The van der Waals surface area contributed by atoms with Crippen molar-refractivity contribution < 1.29 is 14.4 Å². The van der Waals surface area contributed by atoms with Gasteiger partial charge in [-0.3, -0.25) is 23.7 Å². The number of carbonyl (C=O) groups is 3. The molecule has 2 aliphatic heterocycles. The largest absolute Gasteiger partial charge is 0.325 e. The molecular weight excluding hydrogens is 622 g/mol. The van der Waals surface area contributed by atoms with Crippen LogP contribution in [0, 0.1) is 5.92 Å². The molecule has 4 aromatic rings. The maximum Gasteiger partial charge on any atom is 0.308 e. The number of carbonyl (C=O) groups excluding carboxylic acids is 3. The first kappa shape index (κ1) is 26.1. The maximum absolute atomic E-state index is 13.9. The monoisotopic (exact) mass is 639 g/mol. The van der Waals surface area contributed by atoms with E-state index < -0.39 is 17.1 Å². The molecule has 0 bridgehead atoms. The first-order valence-electron chi connectivity index (χ1n) is 12.0. The van der Waals surface area contributed by atoms with Gasteiger partial charge in [0.1, 0.15) is 11.8 Å². The molecule has 1 N–H and O–H groups in total. The lowest BCUT2D eigenvalue weighted by Crippen LogP contribution is -2.33. The van der Waals surface area contributed by atoms with Crippen molar-refractivity contribution in [1.29, 1.82) is 0 Å². The second kappa shape index (κ2) is 10.4. The number of fused-ring (bicyclic) bond motifs is 2. The zero-order chi connectivity index (χ0) is 27.3. The highest BCUT2D eigenvalue weighted by molar-refractivity contribution is 9.10. The number of hydrogen-bond donors (Lipinski definition) is 1. The smallest absolute Gasteiger partial charge is 0.308 e. The molecule has 39 heavy (non-hydrogen) atoms. The summed E-state index contributed by atoms with van der Waals surface area (Å²) >= 11 is 11.7. The average molecular weight is 641 g/mol. The Labute approximate surface area is 244 Å². The highest BCUT2D eigenvalue weighted by atomic mass is 79.9. The van der Waals surface area contributed by atoms with E-state index in [1.165, 1.54) is 21.2 Å². The number of halogens is 2. The Bertz CT molecular complexity index is 1660. The fraction of sp³-hybridized carbons (Fsp3) is 0.143. The Morgan fingerprint density at radius 3 is 2.31 bits per heavy atom. The predicted molar refractivity (Wildman–Crippen MR) is 157 cm³/mol. The van der Waals surface area contributed by atoms with Crippen LogP contribution in [0.2, 0.25) is 5.02 Å². The Hall–Kier alpha value is -3.18. The Morgan fingerprint density at radius 1 is 0.923 bits per heavy atom. The van der Waals surface area contributed by atoms with E-state index in [-0.39, 0.29) is 29.1 Å². The molecule has 0 radical (unpaired) electrons. The molecule has 6 rings (SSSR count). The number of imide groups is 1. The van der Waals surface area contributed by atoms with E-state index in [9.17, 15) is 19.2 Å². The van der Waals surface area contributed by atoms with Crippen molar-refractivity contribution >= 4 is 79.7 Å². The second-order valence-electron chi connectivity index (χ2n) is 9.12. The lowest BCUT2D eigenvalue weighted by molar-refractivity contribution is -0.122. The standard InChI is InChI=1S/C28H19BrClN3O4S2/c29-16-8-12-19(13-9-16)33-25(35)22-21(15-6-10-17(30)11-7-15)24-27(38-23(22)26(33)36)32(28(37)39-24)14-20(34)31-18-4-2-1-3-5-18/h1-13,21-23H,14H2,(H,31,34)/t21-,22?,23?/m0/s1. The maximum atomic E-state index is 13.9. The number of anilines is 2. The summed E-state index contributed by atoms with van der Waals surface area (Å²) in [6.07, 6.45) is 0. The van der Waals surface area contributed by atoms with E-state index in [0.717, 1.165) is 21.4 Å². The Morgan fingerprint density at radius 2 is 1.62 bits per heavy atom. The van der Waals surface area contributed by atoms with Crippen LogP contribution in [0.25, 0.3) is 0 Å². The fourth-order valence-electron chi connectivity index (χ4n) is 4.99. The van der Waals surface area contributed by atoms with Crippen LogP contribution in [-0.2, 0) is 20.9 Å². The van der Waals surface area contributed by atoms with E-state index >= 15 is 0 Å². The first-order valence-corrected chi connectivity index (χ1v) is 14.8. The summed E-state index contributed by atoms with van der Waals surface area (Å²) in [5.74, 6) is -2.29. The fourth-order valence-corrected chi connectivity index (χ4v) is 8.16. The van der Waals surface area contributed by atoms with Crippen LogP contribution in [0.1, 0.15) is 16.4 Å². The molecule has 7 nitrogen and oxygen atoms in total. The van der Waals surface area contributed by atoms with Gasteiger partial charge in [0.2, 0.25) is 17.7 Å². The van der Waals surface area contributed by atoms with E-state index in [4.69, 9.17) is 11.6 Å². The van der Waals surface area contributed by atoms with Gasteiger partial charge in [-0.25, -0.2) is 4.90 Å². The lowest BCUT2D eigenvalue weighted by atomic mass is 9.83. The number of rotatable bonds is 5. The number of hydrogen-bond acceptors (Lipinski definition) is 6. The van der Waals surface area contributed by atoms with Gasteiger partial charge in [0.25, 0.3) is 0 Å². The van der Waals surface area contributed by atoms with Crippen LogP contribution < -0.4 is 15.1 Å². The summed E-state index contributed by atoms with van der Waals surface area (Å²) in [6, 6.07) is 23.1. The van der Waals surface area contributed by atoms with Crippen molar-refractivity contribution in [2.75, 3.05) is 10.2 Å². The van der Waals surface area contributed by atoms with Crippen molar-refractivity contribution in [3.63, 3.8) is 0 Å². The highest BCUT2D eigenvalue weighted by Gasteiger charge is 2.56. The average Bonchev–Trinajstić information content (AvgIpc) is 3.36. The van der Waals surface area contributed by atoms with Gasteiger partial charge in [0.05, 0.1) is 16.6 Å². The SMILES string of the molecule is O=C(Cn1c2c(sc1=O)[C@@H](c1ccc(Cl)cc1)C1C(=O)N(c3ccc(Br)cc3)C(=O)C1S2)Nc1ccccc1. The van der Waals surface area contributed by atoms with Gasteiger partial charge in [-0.2, -0.15) is 0 Å². The molecule has 1 saturated heterocycles. The molecule has 11 heteroatoms. The Balaban J connectivity index is 1.42. The summed E-state index contributed by atoms with van der Waals surface area (Å²) in [7, 11) is 0. The van der Waals surface area contributed by atoms with Crippen LogP contribution in [-0.4, -0.2) is 27.5 Å². The molecule has 0 saturated carbocycles. The molecule has 1 fully saturated rings. The predicted octanol–water partition coefficient (Wildman–Crippen LogP) is 5.76. The quantitative estimate of drug-likeness (QED) is 0.280. The molecule has 196 valence electrons. The number of benzene rings is 3. The minimum Gasteiger partial charge on any atom is -0.325 e. The number of nitrogens with zero attached hydrogens (tertiary/aromatic N) is 2.